The highest BCUT2D eigenvalue weighted by atomic mass is 16.3. The van der Waals surface area contributed by atoms with Crippen molar-refractivity contribution in [1.82, 2.24) is 5.32 Å². The number of hydrogen-bond acceptors (Lipinski definition) is 2. The summed E-state index contributed by atoms with van der Waals surface area (Å²) < 4.78 is 0. The van der Waals surface area contributed by atoms with Gasteiger partial charge in [-0.05, 0) is 55.6 Å². The van der Waals surface area contributed by atoms with Crippen LogP contribution in [0.3, 0.4) is 0 Å². The molecular formula is C19H27NO2. The predicted octanol–water partition coefficient (Wildman–Crippen LogP) is 2.95. The molecule has 120 valence electrons. The number of aliphatic hydroxyl groups excluding tert-OH is 1. The zero-order valence-corrected chi connectivity index (χ0v) is 13.6. The van der Waals surface area contributed by atoms with Gasteiger partial charge in [0.25, 0.3) is 0 Å². The summed E-state index contributed by atoms with van der Waals surface area (Å²) in [6.45, 7) is 4.30. The van der Waals surface area contributed by atoms with Gasteiger partial charge in [0.05, 0.1) is 12.1 Å². The van der Waals surface area contributed by atoms with Gasteiger partial charge in [0, 0.05) is 11.3 Å². The van der Waals surface area contributed by atoms with Crippen LogP contribution in [-0.2, 0) is 4.79 Å². The Kier molecular flexibility index (Phi) is 3.26. The number of amides is 1. The minimum Gasteiger partial charge on any atom is -0.385 e. The first-order valence-corrected chi connectivity index (χ1v) is 8.90. The number of aliphatic hydroxyl groups is 1. The zero-order chi connectivity index (χ0) is 15.5. The van der Waals surface area contributed by atoms with Crippen molar-refractivity contribution in [1.29, 1.82) is 0 Å². The molecule has 0 aromatic heterocycles. The van der Waals surface area contributed by atoms with Crippen LogP contribution in [0.5, 0.6) is 0 Å². The summed E-state index contributed by atoms with van der Waals surface area (Å²) in [5, 5.41) is 13.6. The summed E-state index contributed by atoms with van der Waals surface area (Å²) in [5.74, 6) is 1.51. The van der Waals surface area contributed by atoms with Crippen molar-refractivity contribution in [3.8, 4) is 0 Å². The monoisotopic (exact) mass is 301 g/mol. The Bertz CT molecular complexity index is 558. The lowest BCUT2D eigenvalue weighted by molar-refractivity contribution is -0.124. The van der Waals surface area contributed by atoms with Crippen LogP contribution < -0.4 is 5.32 Å². The SMILES string of the molecule is CC1=C2[C@@H]3NC(=O)[C@@H](C4CCCC4)[C@@H]3CC[C@@]2(C)C=CC1O. The van der Waals surface area contributed by atoms with Gasteiger partial charge >= 0.3 is 0 Å². The molecule has 0 spiro atoms. The summed E-state index contributed by atoms with van der Waals surface area (Å²) in [7, 11) is 0. The number of allylic oxidation sites excluding steroid dienone is 1. The fourth-order valence-electron chi connectivity index (χ4n) is 5.70. The minimum atomic E-state index is -0.482. The quantitative estimate of drug-likeness (QED) is 0.732. The zero-order valence-electron chi connectivity index (χ0n) is 13.6. The number of carbonyl (C=O) groups is 1. The van der Waals surface area contributed by atoms with Crippen molar-refractivity contribution in [3.63, 3.8) is 0 Å². The van der Waals surface area contributed by atoms with Gasteiger partial charge in [-0.25, -0.2) is 0 Å². The summed E-state index contributed by atoms with van der Waals surface area (Å²) in [5.41, 5.74) is 2.38. The molecule has 3 fully saturated rings. The number of carbonyl (C=O) groups excluding carboxylic acids is 1. The average molecular weight is 301 g/mol. The molecule has 1 heterocycles. The van der Waals surface area contributed by atoms with E-state index in [2.05, 4.69) is 18.3 Å². The number of fused-ring (bicyclic) bond motifs is 3. The molecule has 1 aliphatic heterocycles. The molecule has 4 aliphatic rings. The van der Waals surface area contributed by atoms with E-state index < -0.39 is 6.10 Å². The third-order valence-electron chi connectivity index (χ3n) is 6.84. The second kappa shape index (κ2) is 4.95. The van der Waals surface area contributed by atoms with Crippen molar-refractivity contribution in [3.05, 3.63) is 23.3 Å². The summed E-state index contributed by atoms with van der Waals surface area (Å²) in [4.78, 5) is 12.7. The smallest absolute Gasteiger partial charge is 0.224 e. The molecule has 1 amide bonds. The molecule has 2 N–H and O–H groups in total. The van der Waals surface area contributed by atoms with Gasteiger partial charge in [-0.15, -0.1) is 0 Å². The largest absolute Gasteiger partial charge is 0.385 e. The van der Waals surface area contributed by atoms with Crippen LogP contribution in [-0.4, -0.2) is 23.2 Å². The Balaban J connectivity index is 1.71. The third-order valence-corrected chi connectivity index (χ3v) is 6.84. The maximum Gasteiger partial charge on any atom is 0.224 e. The molecule has 3 aliphatic carbocycles. The standard InChI is InChI=1S/C19H27NO2/c1-11-14(21)8-10-19(2)9-7-13-15(12-5-3-4-6-12)18(22)20-17(13)16(11)19/h8,10,12-15,17,21H,3-7,9H2,1-2H3,(H,20,22)/t13-,14?,15-,17+,19-/m0/s1. The van der Waals surface area contributed by atoms with E-state index in [4.69, 9.17) is 0 Å². The van der Waals surface area contributed by atoms with Gasteiger partial charge in [0.2, 0.25) is 5.91 Å². The average Bonchev–Trinajstić information content (AvgIpc) is 3.09. The van der Waals surface area contributed by atoms with E-state index in [1.807, 2.05) is 13.0 Å². The van der Waals surface area contributed by atoms with Crippen LogP contribution >= 0.6 is 0 Å². The maximum absolute atomic E-state index is 12.7. The lowest BCUT2D eigenvalue weighted by Gasteiger charge is -2.45. The molecule has 22 heavy (non-hydrogen) atoms. The van der Waals surface area contributed by atoms with E-state index >= 15 is 0 Å². The summed E-state index contributed by atoms with van der Waals surface area (Å²) in [6.07, 6.45) is 10.8. The molecule has 3 heteroatoms. The number of hydrogen-bond donors (Lipinski definition) is 2. The number of nitrogens with one attached hydrogen (secondary N) is 1. The Morgan fingerprint density at radius 3 is 2.73 bits per heavy atom. The molecule has 3 nitrogen and oxygen atoms in total. The van der Waals surface area contributed by atoms with E-state index in [1.165, 1.54) is 31.3 Å². The molecule has 0 bridgehead atoms. The molecule has 2 saturated carbocycles. The highest BCUT2D eigenvalue weighted by molar-refractivity contribution is 5.83. The maximum atomic E-state index is 12.7. The molecule has 1 unspecified atom stereocenters. The lowest BCUT2D eigenvalue weighted by Crippen LogP contribution is -2.44. The Labute approximate surface area is 132 Å². The topological polar surface area (TPSA) is 49.3 Å². The molecule has 1 saturated heterocycles. The molecule has 0 aromatic rings. The molecule has 0 aromatic carbocycles. The van der Waals surface area contributed by atoms with E-state index in [0.717, 1.165) is 18.4 Å². The summed E-state index contributed by atoms with van der Waals surface area (Å²) >= 11 is 0. The second-order valence-electron chi connectivity index (χ2n) is 8.08. The molecule has 0 radical (unpaired) electrons. The number of rotatable bonds is 1. The normalized spacial score (nSPS) is 45.0. The Morgan fingerprint density at radius 2 is 2.00 bits per heavy atom. The highest BCUT2D eigenvalue weighted by Crippen LogP contribution is 2.54. The van der Waals surface area contributed by atoms with E-state index in [9.17, 15) is 9.90 Å². The fourth-order valence-corrected chi connectivity index (χ4v) is 5.70. The van der Waals surface area contributed by atoms with Crippen LogP contribution in [0.4, 0.5) is 0 Å². The van der Waals surface area contributed by atoms with Gasteiger partial charge in [0.1, 0.15) is 0 Å². The first-order valence-electron chi connectivity index (χ1n) is 8.90. The first kappa shape index (κ1) is 14.5. The molecule has 4 rings (SSSR count). The van der Waals surface area contributed by atoms with E-state index in [1.54, 1.807) is 0 Å². The second-order valence-corrected chi connectivity index (χ2v) is 8.08. The van der Waals surface area contributed by atoms with Crippen LogP contribution in [0, 0.1) is 23.2 Å². The fraction of sp³-hybridized carbons (Fsp3) is 0.737. The van der Waals surface area contributed by atoms with Crippen molar-refractivity contribution in [2.45, 2.75) is 64.5 Å². The van der Waals surface area contributed by atoms with Crippen LogP contribution in [0.25, 0.3) is 0 Å². The van der Waals surface area contributed by atoms with Gasteiger partial charge in [-0.1, -0.05) is 31.9 Å². The van der Waals surface area contributed by atoms with Crippen molar-refractivity contribution >= 4 is 5.91 Å². The van der Waals surface area contributed by atoms with Gasteiger partial charge in [-0.2, -0.15) is 0 Å². The lowest BCUT2D eigenvalue weighted by atomic mass is 9.60. The van der Waals surface area contributed by atoms with Crippen molar-refractivity contribution in [2.24, 2.45) is 23.2 Å². The van der Waals surface area contributed by atoms with Crippen molar-refractivity contribution < 1.29 is 9.90 Å². The van der Waals surface area contributed by atoms with Gasteiger partial charge in [0.15, 0.2) is 0 Å². The highest BCUT2D eigenvalue weighted by Gasteiger charge is 2.54. The van der Waals surface area contributed by atoms with Gasteiger partial charge in [-0.3, -0.25) is 4.79 Å². The molecule has 5 atom stereocenters. The first-order chi connectivity index (χ1) is 10.5. The van der Waals surface area contributed by atoms with Crippen LogP contribution in [0.15, 0.2) is 23.3 Å². The Hall–Kier alpha value is -1.09. The summed E-state index contributed by atoms with van der Waals surface area (Å²) in [6, 6.07) is 0.149. The van der Waals surface area contributed by atoms with Crippen LogP contribution in [0.1, 0.15) is 52.4 Å². The van der Waals surface area contributed by atoms with Crippen LogP contribution in [0.2, 0.25) is 0 Å². The Morgan fingerprint density at radius 1 is 1.27 bits per heavy atom. The third kappa shape index (κ3) is 1.94. The van der Waals surface area contributed by atoms with E-state index in [-0.39, 0.29) is 23.3 Å². The van der Waals surface area contributed by atoms with Crippen molar-refractivity contribution in [2.75, 3.05) is 0 Å². The molecular weight excluding hydrogens is 274 g/mol. The predicted molar refractivity (Wildman–Crippen MR) is 86.1 cm³/mol. The van der Waals surface area contributed by atoms with E-state index in [0.29, 0.717) is 11.8 Å². The van der Waals surface area contributed by atoms with Gasteiger partial charge < -0.3 is 10.4 Å². The minimum absolute atomic E-state index is 0.0162.